The molecule has 0 bridgehead atoms. The van der Waals surface area contributed by atoms with E-state index in [1.165, 1.54) is 55.3 Å². The van der Waals surface area contributed by atoms with Crippen LogP contribution in [0.1, 0.15) is 78.0 Å². The van der Waals surface area contributed by atoms with E-state index in [2.05, 4.69) is 145 Å². The number of rotatable bonds is 3. The van der Waals surface area contributed by atoms with Crippen molar-refractivity contribution in [2.24, 2.45) is 0 Å². The van der Waals surface area contributed by atoms with E-state index >= 15 is 0 Å². The second-order valence-corrected chi connectivity index (χ2v) is 12.6. The van der Waals surface area contributed by atoms with E-state index < -0.39 is 0 Å². The van der Waals surface area contributed by atoms with Crippen LogP contribution in [-0.4, -0.2) is 4.57 Å². The molecular formula is C35H39N. The predicted octanol–water partition coefficient (Wildman–Crippen LogP) is 10.2. The lowest BCUT2D eigenvalue weighted by Crippen LogP contribution is -2.16. The highest BCUT2D eigenvalue weighted by Crippen LogP contribution is 2.41. The van der Waals surface area contributed by atoms with E-state index in [4.69, 9.17) is 0 Å². The lowest BCUT2D eigenvalue weighted by Gasteiger charge is -2.27. The van der Waals surface area contributed by atoms with E-state index in [0.29, 0.717) is 5.92 Å². The molecule has 5 aromatic rings. The van der Waals surface area contributed by atoms with E-state index in [0.717, 1.165) is 0 Å². The molecule has 1 heterocycles. The SMILES string of the molecule is CC(C)c1c(-c2cc(C(C)(C)C)cc(C(C)(C)C)c2)cccc1-n1c2ccccc2c2ccccc21. The Bertz CT molecular complexity index is 1480. The fourth-order valence-electron chi connectivity index (χ4n) is 5.44. The Kier molecular flexibility index (Phi) is 5.86. The number of benzene rings is 4. The van der Waals surface area contributed by atoms with Crippen LogP contribution < -0.4 is 0 Å². The molecular weight excluding hydrogens is 434 g/mol. The molecule has 0 fully saturated rings. The van der Waals surface area contributed by atoms with Crippen molar-refractivity contribution in [1.29, 1.82) is 0 Å². The Balaban J connectivity index is 1.86. The van der Waals surface area contributed by atoms with Crippen LogP contribution in [0.4, 0.5) is 0 Å². The fourth-order valence-corrected chi connectivity index (χ4v) is 5.44. The minimum atomic E-state index is 0.0818. The van der Waals surface area contributed by atoms with Gasteiger partial charge in [-0.15, -0.1) is 0 Å². The molecule has 0 aliphatic heterocycles. The molecule has 0 N–H and O–H groups in total. The average Bonchev–Trinajstić information content (AvgIpc) is 3.16. The number of fused-ring (bicyclic) bond motifs is 3. The van der Waals surface area contributed by atoms with Gasteiger partial charge in [0.1, 0.15) is 0 Å². The molecule has 5 rings (SSSR count). The topological polar surface area (TPSA) is 4.93 Å². The smallest absolute Gasteiger partial charge is 0.0541 e. The van der Waals surface area contributed by atoms with E-state index in [9.17, 15) is 0 Å². The zero-order valence-corrected chi connectivity index (χ0v) is 23.1. The predicted molar refractivity (Wildman–Crippen MR) is 158 cm³/mol. The van der Waals surface area contributed by atoms with Crippen molar-refractivity contribution >= 4 is 21.8 Å². The van der Waals surface area contributed by atoms with Crippen molar-refractivity contribution in [3.05, 3.63) is 102 Å². The van der Waals surface area contributed by atoms with Crippen molar-refractivity contribution in [3.63, 3.8) is 0 Å². The maximum atomic E-state index is 2.47. The molecule has 0 aliphatic rings. The lowest BCUT2D eigenvalue weighted by atomic mass is 9.78. The zero-order chi connectivity index (χ0) is 25.8. The molecule has 36 heavy (non-hydrogen) atoms. The van der Waals surface area contributed by atoms with Gasteiger partial charge in [0.25, 0.3) is 0 Å². The number of hydrogen-bond acceptors (Lipinski definition) is 0. The molecule has 0 spiro atoms. The molecule has 0 radical (unpaired) electrons. The highest BCUT2D eigenvalue weighted by atomic mass is 15.0. The number of nitrogens with zero attached hydrogens (tertiary/aromatic N) is 1. The quantitative estimate of drug-likeness (QED) is 0.246. The third-order valence-electron chi connectivity index (χ3n) is 7.46. The third-order valence-corrected chi connectivity index (χ3v) is 7.46. The number of aromatic nitrogens is 1. The number of hydrogen-bond donors (Lipinski definition) is 0. The summed E-state index contributed by atoms with van der Waals surface area (Å²) in [5.41, 5.74) is 10.8. The summed E-state index contributed by atoms with van der Waals surface area (Å²) in [7, 11) is 0. The summed E-state index contributed by atoms with van der Waals surface area (Å²) in [4.78, 5) is 0. The molecule has 0 atom stereocenters. The maximum Gasteiger partial charge on any atom is 0.0541 e. The standard InChI is InChI=1S/C35H39N/c1-23(2)33-27(24-20-25(34(3,4)5)22-26(21-24)35(6,7)8)16-13-19-32(33)36-30-17-11-9-14-28(30)29-15-10-12-18-31(29)36/h9-23H,1-8H3. The molecule has 1 aromatic heterocycles. The van der Waals surface area contributed by atoms with Gasteiger partial charge >= 0.3 is 0 Å². The highest BCUT2D eigenvalue weighted by molar-refractivity contribution is 6.09. The van der Waals surface area contributed by atoms with E-state index in [1.54, 1.807) is 0 Å². The minimum absolute atomic E-state index is 0.0818. The lowest BCUT2D eigenvalue weighted by molar-refractivity contribution is 0.569. The molecule has 4 aromatic carbocycles. The first-order valence-corrected chi connectivity index (χ1v) is 13.2. The van der Waals surface area contributed by atoms with Crippen molar-refractivity contribution < 1.29 is 0 Å². The zero-order valence-electron chi connectivity index (χ0n) is 23.1. The van der Waals surface area contributed by atoms with Crippen LogP contribution in [0.25, 0.3) is 38.6 Å². The minimum Gasteiger partial charge on any atom is -0.309 e. The van der Waals surface area contributed by atoms with Gasteiger partial charge in [-0.3, -0.25) is 0 Å². The van der Waals surface area contributed by atoms with Gasteiger partial charge < -0.3 is 4.57 Å². The Morgan fingerprint density at radius 2 is 1.08 bits per heavy atom. The summed E-state index contributed by atoms with van der Waals surface area (Å²) in [6.07, 6.45) is 0. The Morgan fingerprint density at radius 1 is 0.583 bits per heavy atom. The van der Waals surface area contributed by atoms with Crippen molar-refractivity contribution in [3.8, 4) is 16.8 Å². The summed E-state index contributed by atoms with van der Waals surface area (Å²) in [5.74, 6) is 0.368. The van der Waals surface area contributed by atoms with Crippen LogP contribution in [0.3, 0.4) is 0 Å². The Morgan fingerprint density at radius 3 is 1.56 bits per heavy atom. The van der Waals surface area contributed by atoms with Crippen molar-refractivity contribution in [1.82, 2.24) is 4.57 Å². The van der Waals surface area contributed by atoms with Crippen LogP contribution in [0.2, 0.25) is 0 Å². The molecule has 1 heteroatoms. The van der Waals surface area contributed by atoms with Crippen LogP contribution in [0.15, 0.2) is 84.9 Å². The van der Waals surface area contributed by atoms with Crippen LogP contribution >= 0.6 is 0 Å². The molecule has 0 saturated carbocycles. The summed E-state index contributed by atoms with van der Waals surface area (Å²) >= 11 is 0. The third kappa shape index (κ3) is 4.15. The molecule has 0 saturated heterocycles. The van der Waals surface area contributed by atoms with Gasteiger partial charge in [-0.2, -0.15) is 0 Å². The van der Waals surface area contributed by atoms with Gasteiger partial charge in [-0.25, -0.2) is 0 Å². The van der Waals surface area contributed by atoms with Crippen LogP contribution in [0, 0.1) is 0 Å². The first kappa shape index (κ1) is 24.4. The second kappa shape index (κ2) is 8.66. The van der Waals surface area contributed by atoms with Gasteiger partial charge in [0.2, 0.25) is 0 Å². The van der Waals surface area contributed by atoms with Crippen molar-refractivity contribution in [2.45, 2.75) is 72.1 Å². The average molecular weight is 474 g/mol. The Labute approximate surface area is 216 Å². The van der Waals surface area contributed by atoms with Gasteiger partial charge in [-0.1, -0.05) is 122 Å². The number of para-hydroxylation sites is 2. The van der Waals surface area contributed by atoms with Crippen molar-refractivity contribution in [2.75, 3.05) is 0 Å². The largest absolute Gasteiger partial charge is 0.309 e. The summed E-state index contributed by atoms with van der Waals surface area (Å²) in [5, 5.41) is 2.61. The fraction of sp³-hybridized carbons (Fsp3) is 0.314. The van der Waals surface area contributed by atoms with Gasteiger partial charge in [0, 0.05) is 10.8 Å². The first-order chi connectivity index (χ1) is 17.0. The van der Waals surface area contributed by atoms with Gasteiger partial charge in [0.05, 0.1) is 16.7 Å². The van der Waals surface area contributed by atoms with Gasteiger partial charge in [-0.05, 0) is 62.8 Å². The van der Waals surface area contributed by atoms with Crippen LogP contribution in [-0.2, 0) is 10.8 Å². The molecule has 1 nitrogen and oxygen atoms in total. The molecule has 184 valence electrons. The molecule has 0 aliphatic carbocycles. The Hall–Kier alpha value is -3.32. The maximum absolute atomic E-state index is 2.47. The highest BCUT2D eigenvalue weighted by Gasteiger charge is 2.24. The molecule has 0 unspecified atom stereocenters. The second-order valence-electron chi connectivity index (χ2n) is 12.6. The summed E-state index contributed by atoms with van der Waals surface area (Å²) in [6.45, 7) is 18.6. The van der Waals surface area contributed by atoms with Crippen LogP contribution in [0.5, 0.6) is 0 Å². The van der Waals surface area contributed by atoms with Gasteiger partial charge in [0.15, 0.2) is 0 Å². The summed E-state index contributed by atoms with van der Waals surface area (Å²) < 4.78 is 2.47. The van der Waals surface area contributed by atoms with E-state index in [-0.39, 0.29) is 10.8 Å². The molecule has 0 amide bonds. The first-order valence-electron chi connectivity index (χ1n) is 13.2. The van der Waals surface area contributed by atoms with E-state index in [1.807, 2.05) is 0 Å². The monoisotopic (exact) mass is 473 g/mol. The normalized spacial score (nSPS) is 12.7. The summed E-state index contributed by atoms with van der Waals surface area (Å²) in [6, 6.07) is 31.7.